The number of rotatable bonds is 6. The first-order chi connectivity index (χ1) is 12.6. The SMILES string of the molecule is O=C(CNC(=O)c1cccc(Br)c1)NC(c1ccccc1)c1ccco1. The van der Waals surface area contributed by atoms with Gasteiger partial charge in [0.1, 0.15) is 11.8 Å². The van der Waals surface area contributed by atoms with Crippen LogP contribution >= 0.6 is 15.9 Å². The zero-order valence-corrected chi connectivity index (χ0v) is 15.4. The van der Waals surface area contributed by atoms with E-state index in [-0.39, 0.29) is 18.4 Å². The lowest BCUT2D eigenvalue weighted by Gasteiger charge is -2.17. The summed E-state index contributed by atoms with van der Waals surface area (Å²) in [4.78, 5) is 24.5. The second-order valence-corrected chi connectivity index (χ2v) is 6.54. The first-order valence-electron chi connectivity index (χ1n) is 8.05. The summed E-state index contributed by atoms with van der Waals surface area (Å²) in [5, 5.41) is 5.52. The van der Waals surface area contributed by atoms with Gasteiger partial charge in [-0.05, 0) is 35.9 Å². The third-order valence-corrected chi connectivity index (χ3v) is 4.26. The van der Waals surface area contributed by atoms with Gasteiger partial charge >= 0.3 is 0 Å². The van der Waals surface area contributed by atoms with Crippen LogP contribution < -0.4 is 10.6 Å². The second-order valence-electron chi connectivity index (χ2n) is 5.62. The van der Waals surface area contributed by atoms with Crippen LogP contribution in [0.3, 0.4) is 0 Å². The normalized spacial score (nSPS) is 11.6. The number of hydrogen-bond acceptors (Lipinski definition) is 3. The van der Waals surface area contributed by atoms with Crippen molar-refractivity contribution in [1.82, 2.24) is 10.6 Å². The highest BCUT2D eigenvalue weighted by molar-refractivity contribution is 9.10. The molecule has 2 amide bonds. The van der Waals surface area contributed by atoms with Crippen LogP contribution in [-0.2, 0) is 4.79 Å². The van der Waals surface area contributed by atoms with Gasteiger partial charge in [-0.1, -0.05) is 52.3 Å². The molecule has 0 radical (unpaired) electrons. The third-order valence-electron chi connectivity index (χ3n) is 3.76. The Morgan fingerprint density at radius 1 is 1.00 bits per heavy atom. The predicted octanol–water partition coefficient (Wildman–Crippen LogP) is 3.68. The van der Waals surface area contributed by atoms with Crippen molar-refractivity contribution in [2.75, 3.05) is 6.54 Å². The van der Waals surface area contributed by atoms with Crippen molar-refractivity contribution in [2.45, 2.75) is 6.04 Å². The largest absolute Gasteiger partial charge is 0.467 e. The summed E-state index contributed by atoms with van der Waals surface area (Å²) in [6.07, 6.45) is 1.56. The monoisotopic (exact) mass is 412 g/mol. The molecule has 26 heavy (non-hydrogen) atoms. The van der Waals surface area contributed by atoms with Crippen molar-refractivity contribution >= 4 is 27.7 Å². The molecule has 0 aliphatic rings. The predicted molar refractivity (Wildman–Crippen MR) is 102 cm³/mol. The Labute approximate surface area is 159 Å². The molecule has 2 N–H and O–H groups in total. The Balaban J connectivity index is 1.64. The summed E-state index contributed by atoms with van der Waals surface area (Å²) in [6, 6.07) is 19.7. The summed E-state index contributed by atoms with van der Waals surface area (Å²) < 4.78 is 6.25. The van der Waals surface area contributed by atoms with Crippen molar-refractivity contribution < 1.29 is 14.0 Å². The van der Waals surface area contributed by atoms with E-state index in [1.54, 1.807) is 36.6 Å². The van der Waals surface area contributed by atoms with E-state index in [0.717, 1.165) is 10.0 Å². The van der Waals surface area contributed by atoms with E-state index >= 15 is 0 Å². The van der Waals surface area contributed by atoms with E-state index in [1.165, 1.54) is 0 Å². The Morgan fingerprint density at radius 3 is 2.50 bits per heavy atom. The van der Waals surface area contributed by atoms with Crippen LogP contribution in [0.5, 0.6) is 0 Å². The Morgan fingerprint density at radius 2 is 1.81 bits per heavy atom. The minimum absolute atomic E-state index is 0.130. The molecule has 1 unspecified atom stereocenters. The Hall–Kier alpha value is -2.86. The molecule has 1 atom stereocenters. The van der Waals surface area contributed by atoms with E-state index in [1.807, 2.05) is 36.4 Å². The quantitative estimate of drug-likeness (QED) is 0.648. The smallest absolute Gasteiger partial charge is 0.251 e. The van der Waals surface area contributed by atoms with Gasteiger partial charge in [0.15, 0.2) is 0 Å². The molecule has 1 heterocycles. The summed E-state index contributed by atoms with van der Waals surface area (Å²) in [5.41, 5.74) is 1.38. The van der Waals surface area contributed by atoms with Crippen molar-refractivity contribution in [3.63, 3.8) is 0 Å². The molecule has 3 rings (SSSR count). The van der Waals surface area contributed by atoms with Crippen molar-refractivity contribution in [3.05, 3.63) is 94.4 Å². The van der Waals surface area contributed by atoms with Gasteiger partial charge in [-0.25, -0.2) is 0 Å². The number of hydrogen-bond donors (Lipinski definition) is 2. The summed E-state index contributed by atoms with van der Waals surface area (Å²) in [5.74, 6) is 0.0113. The van der Waals surface area contributed by atoms with Gasteiger partial charge < -0.3 is 15.1 Å². The average Bonchev–Trinajstić information content (AvgIpc) is 3.19. The lowest BCUT2D eigenvalue weighted by molar-refractivity contribution is -0.120. The minimum atomic E-state index is -0.415. The standard InChI is InChI=1S/C20H17BrN2O3/c21-16-9-4-8-15(12-16)20(25)22-13-18(24)23-19(17-10-5-11-26-17)14-6-2-1-3-7-14/h1-12,19H,13H2,(H,22,25)(H,23,24). The van der Waals surface area contributed by atoms with Crippen LogP contribution in [0.4, 0.5) is 0 Å². The van der Waals surface area contributed by atoms with Gasteiger partial charge in [-0.2, -0.15) is 0 Å². The van der Waals surface area contributed by atoms with Crippen LogP contribution in [0.2, 0.25) is 0 Å². The third kappa shape index (κ3) is 4.61. The number of benzene rings is 2. The fraction of sp³-hybridized carbons (Fsp3) is 0.100. The van der Waals surface area contributed by atoms with Crippen LogP contribution in [-0.4, -0.2) is 18.4 Å². The van der Waals surface area contributed by atoms with E-state index in [0.29, 0.717) is 11.3 Å². The second kappa shape index (κ2) is 8.49. The first kappa shape index (κ1) is 17.9. The van der Waals surface area contributed by atoms with E-state index in [2.05, 4.69) is 26.6 Å². The van der Waals surface area contributed by atoms with Crippen LogP contribution in [0.25, 0.3) is 0 Å². The highest BCUT2D eigenvalue weighted by Gasteiger charge is 2.19. The lowest BCUT2D eigenvalue weighted by Crippen LogP contribution is -2.38. The molecule has 0 spiro atoms. The van der Waals surface area contributed by atoms with Gasteiger partial charge in [0, 0.05) is 10.0 Å². The topological polar surface area (TPSA) is 71.3 Å². The average molecular weight is 413 g/mol. The molecule has 0 saturated heterocycles. The molecule has 0 bridgehead atoms. The van der Waals surface area contributed by atoms with E-state index in [4.69, 9.17) is 4.42 Å². The fourth-order valence-corrected chi connectivity index (χ4v) is 2.92. The number of furan rings is 1. The van der Waals surface area contributed by atoms with Gasteiger partial charge in [-0.3, -0.25) is 9.59 Å². The number of carbonyl (C=O) groups excluding carboxylic acids is 2. The molecular formula is C20H17BrN2O3. The molecule has 1 aromatic heterocycles. The molecule has 0 fully saturated rings. The van der Waals surface area contributed by atoms with Gasteiger partial charge in [0.25, 0.3) is 5.91 Å². The Bertz CT molecular complexity index is 879. The lowest BCUT2D eigenvalue weighted by atomic mass is 10.0. The molecule has 5 nitrogen and oxygen atoms in total. The number of amides is 2. The summed E-state index contributed by atoms with van der Waals surface area (Å²) >= 11 is 3.32. The first-order valence-corrected chi connectivity index (χ1v) is 8.84. The highest BCUT2D eigenvalue weighted by Crippen LogP contribution is 2.22. The number of halogens is 1. The van der Waals surface area contributed by atoms with Gasteiger partial charge in [0.05, 0.1) is 12.8 Å². The Kier molecular flexibility index (Phi) is 5.86. The van der Waals surface area contributed by atoms with Crippen LogP contribution in [0, 0.1) is 0 Å². The van der Waals surface area contributed by atoms with Crippen molar-refractivity contribution in [1.29, 1.82) is 0 Å². The van der Waals surface area contributed by atoms with E-state index < -0.39 is 6.04 Å². The molecule has 132 valence electrons. The maximum atomic E-state index is 12.3. The summed E-state index contributed by atoms with van der Waals surface area (Å²) in [7, 11) is 0. The number of nitrogens with one attached hydrogen (secondary N) is 2. The van der Waals surface area contributed by atoms with E-state index in [9.17, 15) is 9.59 Å². The van der Waals surface area contributed by atoms with Crippen molar-refractivity contribution in [3.8, 4) is 0 Å². The molecule has 2 aromatic carbocycles. The molecule has 6 heteroatoms. The zero-order chi connectivity index (χ0) is 18.4. The molecule has 0 aliphatic carbocycles. The molecule has 3 aromatic rings. The van der Waals surface area contributed by atoms with Crippen LogP contribution in [0.15, 0.2) is 81.9 Å². The number of carbonyl (C=O) groups is 2. The zero-order valence-electron chi connectivity index (χ0n) is 13.8. The molecular weight excluding hydrogens is 396 g/mol. The molecule has 0 saturated carbocycles. The summed E-state index contributed by atoms with van der Waals surface area (Å²) in [6.45, 7) is -0.130. The molecule has 0 aliphatic heterocycles. The van der Waals surface area contributed by atoms with Crippen molar-refractivity contribution in [2.24, 2.45) is 0 Å². The van der Waals surface area contributed by atoms with Gasteiger partial charge in [0.2, 0.25) is 5.91 Å². The fourth-order valence-electron chi connectivity index (χ4n) is 2.52. The van der Waals surface area contributed by atoms with Gasteiger partial charge in [-0.15, -0.1) is 0 Å². The van der Waals surface area contributed by atoms with Crippen LogP contribution in [0.1, 0.15) is 27.7 Å². The maximum Gasteiger partial charge on any atom is 0.251 e. The highest BCUT2D eigenvalue weighted by atomic mass is 79.9. The minimum Gasteiger partial charge on any atom is -0.467 e. The maximum absolute atomic E-state index is 12.3.